The topological polar surface area (TPSA) is 88.5 Å². The normalized spacial score (nSPS) is 23.8. The average Bonchev–Trinajstić information content (AvgIpc) is 3.44. The highest BCUT2D eigenvalue weighted by molar-refractivity contribution is 6.07. The molecule has 3 aromatic rings. The van der Waals surface area contributed by atoms with Crippen LogP contribution in [0.1, 0.15) is 15.9 Å². The average molecular weight is 348 g/mol. The summed E-state index contributed by atoms with van der Waals surface area (Å²) in [5.74, 6) is -1.19. The van der Waals surface area contributed by atoms with Gasteiger partial charge in [-0.3, -0.25) is 4.79 Å². The number of Topliss-reactive ketones (excluding diaryl/α,β-unsaturated/α-hetero) is 1. The van der Waals surface area contributed by atoms with Crippen LogP contribution >= 0.6 is 0 Å². The summed E-state index contributed by atoms with van der Waals surface area (Å²) in [6.45, 7) is 0. The lowest BCUT2D eigenvalue weighted by atomic mass is 9.83. The van der Waals surface area contributed by atoms with Crippen LogP contribution in [0.3, 0.4) is 0 Å². The molecule has 2 N–H and O–H groups in total. The van der Waals surface area contributed by atoms with Gasteiger partial charge in [0.15, 0.2) is 18.0 Å². The summed E-state index contributed by atoms with van der Waals surface area (Å²) in [5.41, 5.74) is 0.0862. The zero-order valence-corrected chi connectivity index (χ0v) is 13.3. The fourth-order valence-electron chi connectivity index (χ4n) is 4.08. The Hall–Kier alpha value is -3.25. The molecular weight excluding hydrogens is 336 g/mol. The van der Waals surface area contributed by atoms with E-state index < -0.39 is 18.0 Å². The molecule has 6 rings (SSSR count). The molecule has 26 heavy (non-hydrogen) atoms. The zero-order valence-electron chi connectivity index (χ0n) is 13.3. The van der Waals surface area contributed by atoms with Crippen LogP contribution in [0.25, 0.3) is 10.8 Å². The molecule has 3 aromatic carbocycles. The van der Waals surface area contributed by atoms with Gasteiger partial charge in [0.25, 0.3) is 0 Å². The predicted molar refractivity (Wildman–Crippen MR) is 89.6 cm³/mol. The number of rotatable bonds is 0. The van der Waals surface area contributed by atoms with E-state index in [0.29, 0.717) is 11.5 Å². The Morgan fingerprint density at radius 3 is 2.23 bits per heavy atom. The number of epoxide rings is 1. The summed E-state index contributed by atoms with van der Waals surface area (Å²) in [4.78, 5) is 12.6. The van der Waals surface area contributed by atoms with Crippen molar-refractivity contribution >= 4 is 16.6 Å². The van der Waals surface area contributed by atoms with Gasteiger partial charge in [-0.1, -0.05) is 24.3 Å². The van der Waals surface area contributed by atoms with Crippen molar-refractivity contribution in [3.05, 3.63) is 59.7 Å². The van der Waals surface area contributed by atoms with Crippen LogP contribution in [0, 0.1) is 0 Å². The van der Waals surface area contributed by atoms with Crippen molar-refractivity contribution in [2.45, 2.75) is 18.0 Å². The van der Waals surface area contributed by atoms with Crippen LogP contribution in [0.5, 0.6) is 23.0 Å². The van der Waals surface area contributed by atoms with Gasteiger partial charge in [0.05, 0.1) is 16.5 Å². The van der Waals surface area contributed by atoms with Gasteiger partial charge in [-0.2, -0.15) is 0 Å². The Morgan fingerprint density at radius 2 is 1.54 bits per heavy atom. The van der Waals surface area contributed by atoms with Crippen LogP contribution in [0.4, 0.5) is 0 Å². The lowest BCUT2D eigenvalue weighted by molar-refractivity contribution is -0.146. The van der Waals surface area contributed by atoms with Gasteiger partial charge in [-0.15, -0.1) is 0 Å². The van der Waals surface area contributed by atoms with E-state index in [9.17, 15) is 15.0 Å². The maximum atomic E-state index is 12.6. The number of ketones is 1. The SMILES string of the molecule is O=C1c2c(O)ccc(O)c2C2(Oc3cccc4cccc(c34)O2)[C@@H]2O[C@H]12. The number of hydrogen-bond donors (Lipinski definition) is 2. The van der Waals surface area contributed by atoms with Gasteiger partial charge in [0.2, 0.25) is 0 Å². The van der Waals surface area contributed by atoms with E-state index in [1.54, 1.807) is 0 Å². The maximum Gasteiger partial charge on any atom is 0.312 e. The van der Waals surface area contributed by atoms with E-state index in [-0.39, 0.29) is 28.4 Å². The van der Waals surface area contributed by atoms with Crippen LogP contribution in [-0.4, -0.2) is 28.2 Å². The Balaban J connectivity index is 1.67. The molecular formula is C20H12O6. The molecule has 0 radical (unpaired) electrons. The number of fused-ring (bicyclic) bond motifs is 4. The molecule has 0 amide bonds. The van der Waals surface area contributed by atoms with Gasteiger partial charge in [0, 0.05) is 0 Å². The van der Waals surface area contributed by atoms with Crippen molar-refractivity contribution in [1.29, 1.82) is 0 Å². The van der Waals surface area contributed by atoms with E-state index in [0.717, 1.165) is 10.8 Å². The Morgan fingerprint density at radius 1 is 0.885 bits per heavy atom. The first kappa shape index (κ1) is 14.0. The number of carbonyl (C=O) groups is 1. The van der Waals surface area contributed by atoms with E-state index in [1.807, 2.05) is 36.4 Å². The van der Waals surface area contributed by atoms with Crippen molar-refractivity contribution in [1.82, 2.24) is 0 Å². The molecule has 3 aliphatic rings. The number of ether oxygens (including phenoxy) is 3. The highest BCUT2D eigenvalue weighted by Gasteiger charge is 2.70. The number of carbonyl (C=O) groups excluding carboxylic acids is 1. The molecule has 2 atom stereocenters. The highest BCUT2D eigenvalue weighted by Crippen LogP contribution is 2.57. The van der Waals surface area contributed by atoms with E-state index in [4.69, 9.17) is 14.2 Å². The van der Waals surface area contributed by atoms with E-state index in [1.165, 1.54) is 12.1 Å². The summed E-state index contributed by atoms with van der Waals surface area (Å²) >= 11 is 0. The van der Waals surface area contributed by atoms with Crippen LogP contribution in [0.2, 0.25) is 0 Å². The first-order valence-electron chi connectivity index (χ1n) is 8.25. The molecule has 6 nitrogen and oxygen atoms in total. The first-order chi connectivity index (χ1) is 12.6. The summed E-state index contributed by atoms with van der Waals surface area (Å²) in [5, 5.41) is 22.5. The second-order valence-corrected chi connectivity index (χ2v) is 6.68. The Kier molecular flexibility index (Phi) is 2.30. The van der Waals surface area contributed by atoms with Gasteiger partial charge in [-0.25, -0.2) is 0 Å². The lowest BCUT2D eigenvalue weighted by Crippen LogP contribution is -2.51. The minimum atomic E-state index is -1.53. The van der Waals surface area contributed by atoms with Crippen molar-refractivity contribution in [2.24, 2.45) is 0 Å². The molecule has 1 saturated heterocycles. The van der Waals surface area contributed by atoms with Crippen molar-refractivity contribution < 1.29 is 29.2 Å². The molecule has 128 valence electrons. The van der Waals surface area contributed by atoms with E-state index >= 15 is 0 Å². The Bertz CT molecular complexity index is 1090. The number of benzene rings is 3. The maximum absolute atomic E-state index is 12.6. The molecule has 0 bridgehead atoms. The Labute approximate surface area is 147 Å². The van der Waals surface area contributed by atoms with Gasteiger partial charge < -0.3 is 24.4 Å². The molecule has 1 fully saturated rings. The quantitative estimate of drug-likeness (QED) is 0.480. The fraction of sp³-hybridized carbons (Fsp3) is 0.150. The van der Waals surface area contributed by atoms with Crippen LogP contribution < -0.4 is 9.47 Å². The molecule has 2 heterocycles. The second kappa shape index (κ2) is 4.28. The van der Waals surface area contributed by atoms with E-state index in [2.05, 4.69) is 0 Å². The third-order valence-corrected chi connectivity index (χ3v) is 5.23. The zero-order chi connectivity index (χ0) is 17.6. The lowest BCUT2D eigenvalue weighted by Gasteiger charge is -2.40. The number of aromatic hydroxyl groups is 2. The molecule has 6 heteroatoms. The summed E-state index contributed by atoms with van der Waals surface area (Å²) in [7, 11) is 0. The third-order valence-electron chi connectivity index (χ3n) is 5.23. The highest BCUT2D eigenvalue weighted by atomic mass is 16.8. The number of phenolic OH excluding ortho intramolecular Hbond substituents is 2. The van der Waals surface area contributed by atoms with Crippen LogP contribution in [-0.2, 0) is 10.5 Å². The molecule has 1 spiro atoms. The summed E-state index contributed by atoms with van der Waals surface area (Å²) in [6.07, 6.45) is -1.46. The molecule has 0 saturated carbocycles. The van der Waals surface area contributed by atoms with Gasteiger partial charge >= 0.3 is 5.79 Å². The second-order valence-electron chi connectivity index (χ2n) is 6.68. The molecule has 2 aliphatic heterocycles. The van der Waals surface area contributed by atoms with Crippen molar-refractivity contribution in [3.63, 3.8) is 0 Å². The number of hydrogen-bond acceptors (Lipinski definition) is 6. The third kappa shape index (κ3) is 1.49. The van der Waals surface area contributed by atoms with Gasteiger partial charge in [-0.05, 0) is 29.7 Å². The van der Waals surface area contributed by atoms with Gasteiger partial charge in [0.1, 0.15) is 23.0 Å². The first-order valence-corrected chi connectivity index (χ1v) is 8.25. The summed E-state index contributed by atoms with van der Waals surface area (Å²) < 4.78 is 18.0. The predicted octanol–water partition coefficient (Wildman–Crippen LogP) is 2.84. The minimum absolute atomic E-state index is 0.0182. The van der Waals surface area contributed by atoms with Crippen molar-refractivity contribution in [3.8, 4) is 23.0 Å². The summed E-state index contributed by atoms with van der Waals surface area (Å²) in [6, 6.07) is 13.8. The smallest absolute Gasteiger partial charge is 0.312 e. The monoisotopic (exact) mass is 348 g/mol. The standard InChI is InChI=1S/C20H12O6/c21-10-7-8-11(22)16-15(10)17(23)18-19(24-18)20(16)25-12-5-1-3-9-4-2-6-13(26-20)14(9)12/h1-8,18-19,21-22H/t18-,19-/m1/s1. The fourth-order valence-corrected chi connectivity index (χ4v) is 4.08. The number of phenols is 2. The largest absolute Gasteiger partial charge is 0.507 e. The van der Waals surface area contributed by atoms with Crippen molar-refractivity contribution in [2.75, 3.05) is 0 Å². The molecule has 0 unspecified atom stereocenters. The molecule has 0 aromatic heterocycles. The van der Waals surface area contributed by atoms with Crippen LogP contribution in [0.15, 0.2) is 48.5 Å². The molecule has 1 aliphatic carbocycles. The minimum Gasteiger partial charge on any atom is -0.507 e.